The number of nitrogens with one attached hydrogen (secondary N) is 1. The number of benzene rings is 1. The van der Waals surface area contributed by atoms with Crippen LogP contribution >= 0.6 is 0 Å². The van der Waals surface area contributed by atoms with Crippen molar-refractivity contribution in [1.82, 2.24) is 0 Å². The molecule has 0 aliphatic rings. The van der Waals surface area contributed by atoms with Gasteiger partial charge in [0.1, 0.15) is 0 Å². The molecule has 0 aliphatic heterocycles. The molecule has 13 heavy (non-hydrogen) atoms. The fourth-order valence-electron chi connectivity index (χ4n) is 1.04. The number of carboxylic acids is 1. The number of nitrogen functional groups attached to an aromatic ring is 1. The van der Waals surface area contributed by atoms with Crippen molar-refractivity contribution in [3.05, 3.63) is 23.8 Å². The van der Waals surface area contributed by atoms with Crippen LogP contribution in [-0.4, -0.2) is 12.5 Å². The lowest BCUT2D eigenvalue weighted by Gasteiger charge is -2.09. The molecule has 3 N–H and O–H groups in total. The van der Waals surface area contributed by atoms with E-state index in [0.717, 1.165) is 12.2 Å². The molecule has 0 aromatic heterocycles. The summed E-state index contributed by atoms with van der Waals surface area (Å²) in [5, 5.41) is 13.4. The summed E-state index contributed by atoms with van der Waals surface area (Å²) in [4.78, 5) is 10.4. The monoisotopic (exact) mass is 179 g/mol. The summed E-state index contributed by atoms with van der Waals surface area (Å²) in [7, 11) is 0. The predicted octanol–water partition coefficient (Wildman–Crippen LogP) is 0.0641. The molecule has 0 fully saturated rings. The van der Waals surface area contributed by atoms with Crippen LogP contribution in [0.25, 0.3) is 0 Å². The van der Waals surface area contributed by atoms with Crippen LogP contribution in [0.2, 0.25) is 0 Å². The Morgan fingerprint density at radius 2 is 2.31 bits per heavy atom. The van der Waals surface area contributed by atoms with Gasteiger partial charge >= 0.3 is 0 Å². The van der Waals surface area contributed by atoms with Crippen LogP contribution in [0, 0.1) is 0 Å². The Kier molecular flexibility index (Phi) is 2.74. The lowest BCUT2D eigenvalue weighted by Crippen LogP contribution is -2.22. The first-order valence-corrected chi connectivity index (χ1v) is 4.00. The van der Waals surface area contributed by atoms with Crippen molar-refractivity contribution in [3.63, 3.8) is 0 Å². The third-order valence-electron chi connectivity index (χ3n) is 1.65. The zero-order valence-corrected chi connectivity index (χ0v) is 7.33. The standard InChI is InChI=1S/C9H12N2O2/c1-2-11-8-4-3-6(9(12)13)5-7(8)10/h3-5,11H,2,10H2,1H3,(H,12,13)/p-1. The minimum Gasteiger partial charge on any atom is -0.545 e. The Labute approximate surface area is 76.4 Å². The number of carbonyl (C=O) groups excluding carboxylic acids is 1. The highest BCUT2D eigenvalue weighted by Gasteiger charge is 1.99. The summed E-state index contributed by atoms with van der Waals surface area (Å²) in [6.45, 7) is 2.68. The maximum absolute atomic E-state index is 10.4. The molecular formula is C9H11N2O2-. The Bertz CT molecular complexity index is 323. The summed E-state index contributed by atoms with van der Waals surface area (Å²) in [5.74, 6) is -1.21. The minimum atomic E-state index is -1.21. The topological polar surface area (TPSA) is 78.2 Å². The second kappa shape index (κ2) is 3.80. The van der Waals surface area contributed by atoms with Crippen molar-refractivity contribution < 1.29 is 9.90 Å². The molecule has 4 nitrogen and oxygen atoms in total. The number of hydrogen-bond acceptors (Lipinski definition) is 4. The number of hydrogen-bond donors (Lipinski definition) is 2. The lowest BCUT2D eigenvalue weighted by molar-refractivity contribution is -0.255. The molecule has 0 spiro atoms. The van der Waals surface area contributed by atoms with Crippen molar-refractivity contribution in [2.24, 2.45) is 0 Å². The van der Waals surface area contributed by atoms with Crippen molar-refractivity contribution in [2.45, 2.75) is 6.92 Å². The summed E-state index contributed by atoms with van der Waals surface area (Å²) in [5.41, 5.74) is 6.85. The van der Waals surface area contributed by atoms with Gasteiger partial charge in [-0.05, 0) is 24.6 Å². The minimum absolute atomic E-state index is 0.0964. The van der Waals surface area contributed by atoms with E-state index >= 15 is 0 Å². The Morgan fingerprint density at radius 1 is 1.62 bits per heavy atom. The Morgan fingerprint density at radius 3 is 2.77 bits per heavy atom. The van der Waals surface area contributed by atoms with Crippen LogP contribution in [0.5, 0.6) is 0 Å². The Hall–Kier alpha value is -1.71. The molecule has 1 aromatic rings. The molecule has 0 saturated heterocycles. The maximum atomic E-state index is 10.4. The SMILES string of the molecule is CCNc1ccc(C(=O)[O-])cc1N. The highest BCUT2D eigenvalue weighted by atomic mass is 16.4. The number of carbonyl (C=O) groups is 1. The average molecular weight is 179 g/mol. The van der Waals surface area contributed by atoms with Gasteiger partial charge in [0.15, 0.2) is 0 Å². The third kappa shape index (κ3) is 2.11. The van der Waals surface area contributed by atoms with Crippen molar-refractivity contribution >= 4 is 17.3 Å². The van der Waals surface area contributed by atoms with Crippen LogP contribution in [0.1, 0.15) is 17.3 Å². The molecule has 4 heteroatoms. The molecule has 0 heterocycles. The van der Waals surface area contributed by atoms with Crippen molar-refractivity contribution in [2.75, 3.05) is 17.6 Å². The molecule has 0 saturated carbocycles. The summed E-state index contributed by atoms with van der Waals surface area (Å²) >= 11 is 0. The van der Waals surface area contributed by atoms with E-state index in [9.17, 15) is 9.90 Å². The van der Waals surface area contributed by atoms with Gasteiger partial charge < -0.3 is 21.0 Å². The zero-order valence-electron chi connectivity index (χ0n) is 7.33. The fourth-order valence-corrected chi connectivity index (χ4v) is 1.04. The van der Waals surface area contributed by atoms with Gasteiger partial charge in [-0.15, -0.1) is 0 Å². The van der Waals surface area contributed by atoms with Crippen molar-refractivity contribution in [3.8, 4) is 0 Å². The molecule has 70 valence electrons. The highest BCUT2D eigenvalue weighted by molar-refractivity contribution is 5.88. The molecular weight excluding hydrogens is 168 g/mol. The first-order chi connectivity index (χ1) is 6.15. The van der Waals surface area contributed by atoms with Gasteiger partial charge in [0.25, 0.3) is 0 Å². The number of carboxylic acid groups (broad SMARTS) is 1. The molecule has 1 rings (SSSR count). The number of nitrogens with two attached hydrogens (primary N) is 1. The maximum Gasteiger partial charge on any atom is 0.0716 e. The molecule has 0 atom stereocenters. The number of aromatic carboxylic acids is 1. The molecule has 0 aliphatic carbocycles. The van der Waals surface area contributed by atoms with Crippen molar-refractivity contribution in [1.29, 1.82) is 0 Å². The zero-order chi connectivity index (χ0) is 9.84. The van der Waals surface area contributed by atoms with Gasteiger partial charge in [-0.3, -0.25) is 0 Å². The largest absolute Gasteiger partial charge is 0.545 e. The molecule has 0 unspecified atom stereocenters. The third-order valence-corrected chi connectivity index (χ3v) is 1.65. The molecule has 0 amide bonds. The van der Waals surface area contributed by atoms with Crippen LogP contribution in [0.15, 0.2) is 18.2 Å². The van der Waals surface area contributed by atoms with E-state index in [4.69, 9.17) is 5.73 Å². The van der Waals surface area contributed by atoms with Crippen LogP contribution < -0.4 is 16.2 Å². The van der Waals surface area contributed by atoms with E-state index in [2.05, 4.69) is 5.32 Å². The molecule has 1 aromatic carbocycles. The second-order valence-corrected chi connectivity index (χ2v) is 2.62. The normalized spacial score (nSPS) is 9.62. The quantitative estimate of drug-likeness (QED) is 0.643. The van der Waals surface area contributed by atoms with Gasteiger partial charge in [-0.2, -0.15) is 0 Å². The first kappa shape index (κ1) is 9.38. The van der Waals surface area contributed by atoms with Gasteiger partial charge in [-0.1, -0.05) is 6.07 Å². The summed E-state index contributed by atoms with van der Waals surface area (Å²) in [6.07, 6.45) is 0. The highest BCUT2D eigenvalue weighted by Crippen LogP contribution is 2.18. The summed E-state index contributed by atoms with van der Waals surface area (Å²) in [6, 6.07) is 4.47. The van der Waals surface area contributed by atoms with Gasteiger partial charge in [0, 0.05) is 6.54 Å². The van der Waals surface area contributed by atoms with Crippen LogP contribution in [-0.2, 0) is 0 Å². The van der Waals surface area contributed by atoms with Crippen LogP contribution in [0.4, 0.5) is 11.4 Å². The Balaban J connectivity index is 2.98. The number of rotatable bonds is 3. The van der Waals surface area contributed by atoms with Gasteiger partial charge in [-0.25, -0.2) is 0 Å². The van der Waals surface area contributed by atoms with Gasteiger partial charge in [0.05, 0.1) is 17.3 Å². The fraction of sp³-hybridized carbons (Fsp3) is 0.222. The summed E-state index contributed by atoms with van der Waals surface area (Å²) < 4.78 is 0. The first-order valence-electron chi connectivity index (χ1n) is 4.00. The molecule has 0 bridgehead atoms. The van der Waals surface area contributed by atoms with E-state index in [1.807, 2.05) is 6.92 Å². The number of anilines is 2. The van der Waals surface area contributed by atoms with E-state index in [0.29, 0.717) is 5.69 Å². The van der Waals surface area contributed by atoms with Gasteiger partial charge in [0.2, 0.25) is 0 Å². The van der Waals surface area contributed by atoms with E-state index in [1.165, 1.54) is 12.1 Å². The molecule has 0 radical (unpaired) electrons. The van der Waals surface area contributed by atoms with E-state index < -0.39 is 5.97 Å². The smallest absolute Gasteiger partial charge is 0.0716 e. The predicted molar refractivity (Wildman–Crippen MR) is 49.3 cm³/mol. The average Bonchev–Trinajstić information content (AvgIpc) is 2.08. The van der Waals surface area contributed by atoms with E-state index in [1.54, 1.807) is 6.07 Å². The van der Waals surface area contributed by atoms with Crippen LogP contribution in [0.3, 0.4) is 0 Å². The van der Waals surface area contributed by atoms with E-state index in [-0.39, 0.29) is 5.56 Å². The lowest BCUT2D eigenvalue weighted by atomic mass is 10.2. The second-order valence-electron chi connectivity index (χ2n) is 2.62.